The lowest BCUT2D eigenvalue weighted by Gasteiger charge is -2.19. The van der Waals surface area contributed by atoms with Crippen LogP contribution in [0.2, 0.25) is 5.02 Å². The number of rotatable bonds is 7. The van der Waals surface area contributed by atoms with Gasteiger partial charge in [0.1, 0.15) is 28.3 Å². The van der Waals surface area contributed by atoms with Gasteiger partial charge in [0, 0.05) is 16.6 Å². The van der Waals surface area contributed by atoms with Gasteiger partial charge in [-0.05, 0) is 74.8 Å². The van der Waals surface area contributed by atoms with E-state index in [1.807, 2.05) is 0 Å². The van der Waals surface area contributed by atoms with Crippen molar-refractivity contribution in [3.05, 3.63) is 56.6 Å². The number of ether oxygens (including phenoxy) is 2. The zero-order chi connectivity index (χ0) is 35.5. The largest absolute Gasteiger partial charge is 0.444 e. The summed E-state index contributed by atoms with van der Waals surface area (Å²) in [6, 6.07) is 4.90. The Kier molecular flexibility index (Phi) is 8.70. The van der Waals surface area contributed by atoms with Crippen LogP contribution in [-0.4, -0.2) is 46.0 Å². The lowest BCUT2D eigenvalue weighted by atomic mass is 9.91. The molecule has 0 saturated carbocycles. The smallest absolute Gasteiger partial charge is 0.412 e. The van der Waals surface area contributed by atoms with Crippen molar-refractivity contribution in [3.63, 3.8) is 0 Å². The van der Waals surface area contributed by atoms with E-state index >= 15 is 4.39 Å². The third-order valence-corrected chi connectivity index (χ3v) is 11.8. The number of carbonyl (C=O) groups is 1. The fourth-order valence-electron chi connectivity index (χ4n) is 6.52. The molecule has 50 heavy (non-hydrogen) atoms. The summed E-state index contributed by atoms with van der Waals surface area (Å²) in [4.78, 5) is 21.7. The Balaban J connectivity index is 1.44. The van der Waals surface area contributed by atoms with Crippen LogP contribution in [0.25, 0.3) is 32.1 Å². The fourth-order valence-corrected chi connectivity index (χ4v) is 8.66. The van der Waals surface area contributed by atoms with E-state index in [-0.39, 0.29) is 62.5 Å². The van der Waals surface area contributed by atoms with Crippen molar-refractivity contribution >= 4 is 70.7 Å². The van der Waals surface area contributed by atoms with E-state index < -0.39 is 32.5 Å². The molecule has 5 aromatic rings. The average molecular weight is 738 g/mol. The highest BCUT2D eigenvalue weighted by Crippen LogP contribution is 2.49. The van der Waals surface area contributed by atoms with Gasteiger partial charge in [0.15, 0.2) is 0 Å². The molecule has 260 valence electrons. The van der Waals surface area contributed by atoms with Gasteiger partial charge in [-0.1, -0.05) is 24.6 Å². The number of halogens is 2. The minimum Gasteiger partial charge on any atom is -0.444 e. The zero-order valence-corrected chi connectivity index (χ0v) is 30.1. The average Bonchev–Trinajstić information content (AvgIpc) is 3.81. The Morgan fingerprint density at radius 1 is 1.16 bits per heavy atom. The number of thiophene rings is 1. The SMILES string of the molecule is CCS(=O)(=O)c1nc(NCc2n[nH]c3c2CCCC3)c2c3c(c(-c4ccc(F)c5sc(NC(=O)OC(C)(C)C)c(C#N)c45)c(Cl)c2n1)COC3. The molecule has 4 heterocycles. The molecule has 0 radical (unpaired) electrons. The maximum atomic E-state index is 15.4. The number of fused-ring (bicyclic) bond motifs is 5. The summed E-state index contributed by atoms with van der Waals surface area (Å²) in [5, 5.41) is 24.5. The van der Waals surface area contributed by atoms with E-state index in [1.165, 1.54) is 19.1 Å². The number of nitrogens with zero attached hydrogens (tertiary/aromatic N) is 4. The second kappa shape index (κ2) is 12.8. The number of nitriles is 1. The number of hydrogen-bond acceptors (Lipinski definition) is 11. The molecule has 0 unspecified atom stereocenters. The van der Waals surface area contributed by atoms with Crippen molar-refractivity contribution in [1.82, 2.24) is 20.2 Å². The van der Waals surface area contributed by atoms with Crippen molar-refractivity contribution in [2.24, 2.45) is 0 Å². The summed E-state index contributed by atoms with van der Waals surface area (Å²) < 4.78 is 53.3. The molecular weight excluding hydrogens is 705 g/mol. The number of carbonyl (C=O) groups excluding carboxylic acids is 1. The van der Waals surface area contributed by atoms with Gasteiger partial charge in [0.25, 0.3) is 0 Å². The summed E-state index contributed by atoms with van der Waals surface area (Å²) in [5.74, 6) is -0.570. The molecule has 0 bridgehead atoms. The third-order valence-electron chi connectivity index (χ3n) is 8.79. The minimum atomic E-state index is -3.90. The predicted octanol–water partition coefficient (Wildman–Crippen LogP) is 7.56. The Morgan fingerprint density at radius 3 is 2.66 bits per heavy atom. The van der Waals surface area contributed by atoms with Crippen molar-refractivity contribution in [2.75, 3.05) is 16.4 Å². The van der Waals surface area contributed by atoms with Crippen LogP contribution < -0.4 is 10.6 Å². The number of anilines is 2. The van der Waals surface area contributed by atoms with E-state index in [2.05, 4.69) is 36.9 Å². The molecule has 1 amide bonds. The number of H-pyrrole nitrogens is 1. The summed E-state index contributed by atoms with van der Waals surface area (Å²) in [5.41, 5.74) is 4.64. The van der Waals surface area contributed by atoms with Gasteiger partial charge in [-0.2, -0.15) is 10.4 Å². The first-order chi connectivity index (χ1) is 23.8. The van der Waals surface area contributed by atoms with Crippen LogP contribution in [-0.2, 0) is 51.9 Å². The zero-order valence-electron chi connectivity index (χ0n) is 27.7. The molecule has 7 rings (SSSR count). The number of amides is 1. The van der Waals surface area contributed by atoms with Crippen LogP contribution in [0.3, 0.4) is 0 Å². The second-order valence-electron chi connectivity index (χ2n) is 13.2. The molecule has 1 aliphatic carbocycles. The number of benzene rings is 2. The number of nitrogens with one attached hydrogen (secondary N) is 3. The Labute approximate surface area is 296 Å². The van der Waals surface area contributed by atoms with Crippen LogP contribution in [0.5, 0.6) is 0 Å². The van der Waals surface area contributed by atoms with E-state index in [9.17, 15) is 18.5 Å². The third kappa shape index (κ3) is 5.93. The van der Waals surface area contributed by atoms with Gasteiger partial charge in [-0.3, -0.25) is 10.4 Å². The highest BCUT2D eigenvalue weighted by Gasteiger charge is 2.32. The highest BCUT2D eigenvalue weighted by atomic mass is 35.5. The Hall–Kier alpha value is -4.36. The molecule has 3 N–H and O–H groups in total. The molecule has 2 aliphatic rings. The number of hydrogen-bond donors (Lipinski definition) is 3. The van der Waals surface area contributed by atoms with Crippen LogP contribution in [0, 0.1) is 17.1 Å². The molecule has 0 saturated heterocycles. The molecule has 0 atom stereocenters. The van der Waals surface area contributed by atoms with Crippen molar-refractivity contribution in [2.45, 2.75) is 83.9 Å². The number of aromatic nitrogens is 4. The number of aromatic amines is 1. The van der Waals surface area contributed by atoms with Gasteiger partial charge in [0.2, 0.25) is 15.0 Å². The van der Waals surface area contributed by atoms with Gasteiger partial charge < -0.3 is 14.8 Å². The minimum absolute atomic E-state index is 0.0239. The molecule has 3 aromatic heterocycles. The molecule has 12 nitrogen and oxygen atoms in total. The topological polar surface area (TPSA) is 172 Å². The van der Waals surface area contributed by atoms with Crippen LogP contribution in [0.15, 0.2) is 17.3 Å². The van der Waals surface area contributed by atoms with Crippen LogP contribution in [0.4, 0.5) is 20.0 Å². The first-order valence-electron chi connectivity index (χ1n) is 16.1. The maximum absolute atomic E-state index is 15.4. The second-order valence-corrected chi connectivity index (χ2v) is 16.7. The molecule has 1 aliphatic heterocycles. The highest BCUT2D eigenvalue weighted by molar-refractivity contribution is 7.91. The number of aryl methyl sites for hydroxylation is 1. The summed E-state index contributed by atoms with van der Waals surface area (Å²) in [6.45, 7) is 7.19. The summed E-state index contributed by atoms with van der Waals surface area (Å²) in [7, 11) is -3.90. The monoisotopic (exact) mass is 737 g/mol. The molecular formula is C34H33ClFN7O5S2. The maximum Gasteiger partial charge on any atom is 0.412 e. The summed E-state index contributed by atoms with van der Waals surface area (Å²) >= 11 is 8.14. The predicted molar refractivity (Wildman–Crippen MR) is 189 cm³/mol. The lowest BCUT2D eigenvalue weighted by molar-refractivity contribution is 0.0636. The molecule has 0 fully saturated rings. The van der Waals surface area contributed by atoms with Crippen LogP contribution >= 0.6 is 22.9 Å². The van der Waals surface area contributed by atoms with E-state index in [1.54, 1.807) is 20.8 Å². The van der Waals surface area contributed by atoms with E-state index in [4.69, 9.17) is 21.1 Å². The lowest BCUT2D eigenvalue weighted by Crippen LogP contribution is -2.27. The van der Waals surface area contributed by atoms with E-state index in [0.29, 0.717) is 27.6 Å². The molecule has 2 aromatic carbocycles. The van der Waals surface area contributed by atoms with Crippen molar-refractivity contribution in [3.8, 4) is 17.2 Å². The summed E-state index contributed by atoms with van der Waals surface area (Å²) in [6.07, 6.45) is 3.18. The number of sulfone groups is 1. The normalized spacial score (nSPS) is 14.4. The van der Waals surface area contributed by atoms with Gasteiger partial charge in [-0.15, -0.1) is 11.3 Å². The fraction of sp³-hybridized carbons (Fsp3) is 0.382. The van der Waals surface area contributed by atoms with Gasteiger partial charge in [0.05, 0.1) is 57.4 Å². The first-order valence-corrected chi connectivity index (χ1v) is 19.0. The van der Waals surface area contributed by atoms with Gasteiger partial charge in [-0.25, -0.2) is 27.6 Å². The quantitative estimate of drug-likeness (QED) is 0.142. The van der Waals surface area contributed by atoms with E-state index in [0.717, 1.165) is 54.0 Å². The Morgan fingerprint density at radius 2 is 1.92 bits per heavy atom. The molecule has 16 heteroatoms. The first kappa shape index (κ1) is 34.1. The van der Waals surface area contributed by atoms with Crippen molar-refractivity contribution in [1.29, 1.82) is 5.26 Å². The van der Waals surface area contributed by atoms with Crippen molar-refractivity contribution < 1.29 is 27.1 Å². The standard InChI is InChI=1S/C34H33ClFN7O5S2/c1-5-50(45,46)32-39-28-26(30(40-32)38-13-23-16-8-6-7-9-22(16)42-43-23)20-15-47-14-19(20)24(27(28)35)17-10-11-21(36)29-25(17)18(12-37)31(49-29)41-33(44)48-34(2,3)4/h10-11H,5-9,13-15H2,1-4H3,(H,41,44)(H,42,43)(H,38,39,40). The Bertz CT molecular complexity index is 2380. The van der Waals surface area contributed by atoms with Gasteiger partial charge >= 0.3 is 6.09 Å². The van der Waals surface area contributed by atoms with Crippen LogP contribution in [0.1, 0.15) is 74.2 Å². The molecule has 0 spiro atoms.